The van der Waals surface area contributed by atoms with Crippen molar-refractivity contribution in [3.63, 3.8) is 0 Å². The third kappa shape index (κ3) is 3.08. The second-order valence-electron chi connectivity index (χ2n) is 7.13. The Morgan fingerprint density at radius 3 is 2.64 bits per heavy atom. The average Bonchev–Trinajstić information content (AvgIpc) is 3.22. The Balaban J connectivity index is 1.53. The highest BCUT2D eigenvalue weighted by Gasteiger charge is 2.31. The molecule has 0 aliphatic carbocycles. The lowest BCUT2D eigenvalue weighted by Crippen LogP contribution is -2.46. The molecule has 0 radical (unpaired) electrons. The lowest BCUT2D eigenvalue weighted by atomic mass is 10.2. The monoisotopic (exact) mass is 399 g/mol. The van der Waals surface area contributed by atoms with Gasteiger partial charge in [0.2, 0.25) is 21.8 Å². The molecule has 0 aromatic heterocycles. The minimum Gasteiger partial charge on any atom is -0.315 e. The topological polar surface area (TPSA) is 86.8 Å². The van der Waals surface area contributed by atoms with Gasteiger partial charge in [-0.3, -0.25) is 9.59 Å². The van der Waals surface area contributed by atoms with Crippen LogP contribution >= 0.6 is 0 Å². The molecule has 7 nitrogen and oxygen atoms in total. The molecule has 2 aromatic rings. The molecule has 146 valence electrons. The summed E-state index contributed by atoms with van der Waals surface area (Å²) in [4.78, 5) is 27.8. The van der Waals surface area contributed by atoms with Crippen LogP contribution in [0.2, 0.25) is 0 Å². The van der Waals surface area contributed by atoms with E-state index in [1.807, 2.05) is 24.3 Å². The molecule has 0 unspecified atom stereocenters. The van der Waals surface area contributed by atoms with Crippen LogP contribution in [0.3, 0.4) is 0 Å². The first kappa shape index (κ1) is 18.6. The van der Waals surface area contributed by atoms with Gasteiger partial charge in [-0.1, -0.05) is 18.2 Å². The number of nitrogens with zero attached hydrogens (tertiary/aromatic N) is 2. The number of nitrogens with one attached hydrogen (secondary N) is 1. The van der Waals surface area contributed by atoms with Gasteiger partial charge in [0.25, 0.3) is 0 Å². The van der Waals surface area contributed by atoms with E-state index in [-0.39, 0.29) is 23.1 Å². The number of sulfonamides is 1. The summed E-state index contributed by atoms with van der Waals surface area (Å²) < 4.78 is 28.1. The number of amides is 2. The number of benzene rings is 2. The van der Waals surface area contributed by atoms with Gasteiger partial charge < -0.3 is 9.80 Å². The molecule has 28 heavy (non-hydrogen) atoms. The highest BCUT2D eigenvalue weighted by molar-refractivity contribution is 7.89. The number of likely N-dealkylation sites (N-methyl/N-ethyl adjacent to an activating group) is 1. The van der Waals surface area contributed by atoms with E-state index in [4.69, 9.17) is 0 Å². The Hall–Kier alpha value is -2.71. The van der Waals surface area contributed by atoms with E-state index in [9.17, 15) is 18.0 Å². The molecule has 4 rings (SSSR count). The fourth-order valence-electron chi connectivity index (χ4n) is 3.77. The van der Waals surface area contributed by atoms with Crippen LogP contribution in [0.1, 0.15) is 18.1 Å². The summed E-state index contributed by atoms with van der Waals surface area (Å²) >= 11 is 0. The fraction of sp³-hybridized carbons (Fsp3) is 0.300. The van der Waals surface area contributed by atoms with Crippen molar-refractivity contribution in [2.45, 2.75) is 30.7 Å². The Bertz CT molecular complexity index is 1080. The fourth-order valence-corrected chi connectivity index (χ4v) is 5.01. The second-order valence-corrected chi connectivity index (χ2v) is 8.85. The second kappa shape index (κ2) is 6.72. The van der Waals surface area contributed by atoms with E-state index < -0.39 is 16.1 Å². The number of anilines is 2. The summed E-state index contributed by atoms with van der Waals surface area (Å²) in [6.07, 6.45) is 0.933. The molecule has 2 aliphatic heterocycles. The van der Waals surface area contributed by atoms with Crippen LogP contribution in [-0.2, 0) is 32.5 Å². The third-order valence-electron chi connectivity index (χ3n) is 5.29. The predicted octanol–water partition coefficient (Wildman–Crippen LogP) is 1.46. The number of hydrogen-bond acceptors (Lipinski definition) is 4. The molecule has 1 atom stereocenters. The molecular weight excluding hydrogens is 378 g/mol. The first-order valence-electron chi connectivity index (χ1n) is 9.09. The van der Waals surface area contributed by atoms with Crippen molar-refractivity contribution in [1.82, 2.24) is 4.72 Å². The van der Waals surface area contributed by atoms with Crippen molar-refractivity contribution in [3.8, 4) is 0 Å². The number of hydrogen-bond donors (Lipinski definition) is 1. The number of carbonyl (C=O) groups excluding carboxylic acids is 2. The van der Waals surface area contributed by atoms with Crippen LogP contribution < -0.4 is 14.5 Å². The van der Waals surface area contributed by atoms with Gasteiger partial charge in [0, 0.05) is 25.0 Å². The van der Waals surface area contributed by atoms with Gasteiger partial charge in [0.05, 0.1) is 17.4 Å². The van der Waals surface area contributed by atoms with Gasteiger partial charge in [-0.15, -0.1) is 0 Å². The van der Waals surface area contributed by atoms with Crippen molar-refractivity contribution < 1.29 is 18.0 Å². The first-order valence-corrected chi connectivity index (χ1v) is 10.6. The minimum atomic E-state index is -3.90. The zero-order valence-corrected chi connectivity index (χ0v) is 16.5. The van der Waals surface area contributed by atoms with E-state index in [1.54, 1.807) is 24.9 Å². The zero-order chi connectivity index (χ0) is 20.1. The van der Waals surface area contributed by atoms with Crippen LogP contribution in [0.25, 0.3) is 0 Å². The molecule has 2 aliphatic rings. The summed E-state index contributed by atoms with van der Waals surface area (Å²) in [6.45, 7) is 2.09. The Labute approximate surface area is 164 Å². The van der Waals surface area contributed by atoms with E-state index in [1.165, 1.54) is 17.0 Å². The number of rotatable bonds is 4. The standard InChI is InChI=1S/C20H21N3O4S/c1-13(20(25)23-10-9-14-5-3-4-6-18(14)23)21-28(26,27)16-7-8-17-15(11-16)12-19(24)22(17)2/h3-8,11,13,21H,9-10,12H2,1-2H3/t13-/m0/s1. The largest absolute Gasteiger partial charge is 0.315 e. The van der Waals surface area contributed by atoms with Crippen LogP contribution in [-0.4, -0.2) is 39.9 Å². The third-order valence-corrected chi connectivity index (χ3v) is 6.83. The quantitative estimate of drug-likeness (QED) is 0.843. The normalized spacial score (nSPS) is 16.9. The molecule has 1 N–H and O–H groups in total. The summed E-state index contributed by atoms with van der Waals surface area (Å²) in [5.74, 6) is -0.363. The SMILES string of the molecule is C[C@H](NS(=O)(=O)c1ccc2c(c1)CC(=O)N2C)C(=O)N1CCc2ccccc21. The average molecular weight is 399 g/mol. The van der Waals surface area contributed by atoms with Gasteiger partial charge in [0.1, 0.15) is 0 Å². The molecule has 0 bridgehead atoms. The Morgan fingerprint density at radius 1 is 1.11 bits per heavy atom. The lowest BCUT2D eigenvalue weighted by molar-refractivity contribution is -0.119. The molecule has 0 saturated heterocycles. The highest BCUT2D eigenvalue weighted by Crippen LogP contribution is 2.30. The van der Waals surface area contributed by atoms with Crippen molar-refractivity contribution >= 4 is 33.2 Å². The smallest absolute Gasteiger partial charge is 0.244 e. The number of para-hydroxylation sites is 1. The molecule has 8 heteroatoms. The maximum absolute atomic E-state index is 12.8. The van der Waals surface area contributed by atoms with Crippen molar-refractivity contribution in [1.29, 1.82) is 0 Å². The molecular formula is C20H21N3O4S. The van der Waals surface area contributed by atoms with Crippen molar-refractivity contribution in [3.05, 3.63) is 53.6 Å². The van der Waals surface area contributed by atoms with Crippen LogP contribution in [0.4, 0.5) is 11.4 Å². The van der Waals surface area contributed by atoms with Crippen LogP contribution in [0.15, 0.2) is 47.4 Å². The number of fused-ring (bicyclic) bond motifs is 2. The number of carbonyl (C=O) groups is 2. The van der Waals surface area contributed by atoms with Crippen LogP contribution in [0.5, 0.6) is 0 Å². The lowest BCUT2D eigenvalue weighted by Gasteiger charge is -2.22. The molecule has 0 fully saturated rings. The van der Waals surface area contributed by atoms with E-state index in [0.717, 1.165) is 17.7 Å². The van der Waals surface area contributed by atoms with Crippen molar-refractivity contribution in [2.75, 3.05) is 23.4 Å². The molecule has 0 saturated carbocycles. The molecule has 2 aromatic carbocycles. The van der Waals surface area contributed by atoms with Gasteiger partial charge in [-0.05, 0) is 48.7 Å². The van der Waals surface area contributed by atoms with E-state index in [2.05, 4.69) is 4.72 Å². The highest BCUT2D eigenvalue weighted by atomic mass is 32.2. The first-order chi connectivity index (χ1) is 13.3. The maximum Gasteiger partial charge on any atom is 0.244 e. The van der Waals surface area contributed by atoms with E-state index in [0.29, 0.717) is 17.8 Å². The maximum atomic E-state index is 12.8. The summed E-state index contributed by atoms with van der Waals surface area (Å²) in [5.41, 5.74) is 3.29. The minimum absolute atomic E-state index is 0.0517. The summed E-state index contributed by atoms with van der Waals surface area (Å²) in [7, 11) is -2.23. The summed E-state index contributed by atoms with van der Waals surface area (Å²) in [6, 6.07) is 11.3. The molecule has 2 heterocycles. The Morgan fingerprint density at radius 2 is 1.86 bits per heavy atom. The summed E-state index contributed by atoms with van der Waals surface area (Å²) in [5, 5.41) is 0. The van der Waals surface area contributed by atoms with Gasteiger partial charge >= 0.3 is 0 Å². The Kier molecular flexibility index (Phi) is 4.47. The van der Waals surface area contributed by atoms with Crippen molar-refractivity contribution in [2.24, 2.45) is 0 Å². The van der Waals surface area contributed by atoms with Gasteiger partial charge in [-0.2, -0.15) is 4.72 Å². The van der Waals surface area contributed by atoms with Crippen LogP contribution in [0, 0.1) is 0 Å². The van der Waals surface area contributed by atoms with E-state index >= 15 is 0 Å². The molecule has 2 amide bonds. The van der Waals surface area contributed by atoms with Gasteiger partial charge in [0.15, 0.2) is 0 Å². The molecule has 0 spiro atoms. The predicted molar refractivity (Wildman–Crippen MR) is 106 cm³/mol. The zero-order valence-electron chi connectivity index (χ0n) is 15.7. The van der Waals surface area contributed by atoms with Gasteiger partial charge in [-0.25, -0.2) is 8.42 Å².